The first-order chi connectivity index (χ1) is 15.0. The second kappa shape index (κ2) is 8.76. The largest absolute Gasteiger partial charge is 0.497 e. The minimum Gasteiger partial charge on any atom is -0.497 e. The molecule has 2 aromatic carbocycles. The van der Waals surface area contributed by atoms with E-state index in [1.807, 2.05) is 47.4 Å². The minimum atomic E-state index is -0.256. The molecule has 3 aromatic rings. The molecule has 2 amide bonds. The summed E-state index contributed by atoms with van der Waals surface area (Å²) in [5.74, 6) is 1.40. The number of methoxy groups -OCH3 is 2. The van der Waals surface area contributed by atoms with E-state index < -0.39 is 0 Å². The maximum atomic E-state index is 13.5. The summed E-state index contributed by atoms with van der Waals surface area (Å²) in [7, 11) is 3.27. The molecule has 6 nitrogen and oxygen atoms in total. The Balaban J connectivity index is 1.74. The van der Waals surface area contributed by atoms with Crippen LogP contribution in [0.5, 0.6) is 11.5 Å². The van der Waals surface area contributed by atoms with Gasteiger partial charge in [0.2, 0.25) is 0 Å². The zero-order chi connectivity index (χ0) is 22.0. The van der Waals surface area contributed by atoms with E-state index in [0.717, 1.165) is 35.5 Å². The van der Waals surface area contributed by atoms with Crippen LogP contribution in [0.2, 0.25) is 0 Å². The number of ether oxygens (including phenoxy) is 2. The van der Waals surface area contributed by atoms with Gasteiger partial charge in [0, 0.05) is 36.7 Å². The zero-order valence-corrected chi connectivity index (χ0v) is 18.5. The maximum Gasteiger partial charge on any atom is 0.322 e. The van der Waals surface area contributed by atoms with Crippen LogP contribution in [-0.4, -0.2) is 36.3 Å². The number of carbonyl (C=O) groups excluding carboxylic acids is 1. The standard InChI is InChI=1S/C25H29N3O3/c1-17-8-9-20(13-18(17)2)26-25(29)28-12-6-11-27-10-5-7-23(27)24(28)19-14-21(30-3)16-22(15-19)31-4/h5,7-10,13-16,24H,6,11-12H2,1-4H3,(H,26,29). The van der Waals surface area contributed by atoms with Gasteiger partial charge in [0.1, 0.15) is 11.5 Å². The lowest BCUT2D eigenvalue weighted by Crippen LogP contribution is -2.38. The van der Waals surface area contributed by atoms with Crippen molar-refractivity contribution in [3.63, 3.8) is 0 Å². The lowest BCUT2D eigenvalue weighted by molar-refractivity contribution is 0.199. The molecule has 1 aliphatic rings. The van der Waals surface area contributed by atoms with Gasteiger partial charge in [-0.3, -0.25) is 0 Å². The first-order valence-electron chi connectivity index (χ1n) is 10.5. The van der Waals surface area contributed by atoms with E-state index in [0.29, 0.717) is 18.0 Å². The SMILES string of the molecule is COc1cc(OC)cc(C2c3cccn3CCCN2C(=O)Nc2ccc(C)c(C)c2)c1. The van der Waals surface area contributed by atoms with E-state index in [-0.39, 0.29) is 12.1 Å². The molecule has 0 bridgehead atoms. The number of fused-ring (bicyclic) bond motifs is 1. The third-order valence-electron chi connectivity index (χ3n) is 5.96. The summed E-state index contributed by atoms with van der Waals surface area (Å²) in [4.78, 5) is 15.4. The topological polar surface area (TPSA) is 55.7 Å². The van der Waals surface area contributed by atoms with Crippen LogP contribution >= 0.6 is 0 Å². The molecule has 0 spiro atoms. The molecule has 162 valence electrons. The van der Waals surface area contributed by atoms with Crippen LogP contribution in [-0.2, 0) is 6.54 Å². The highest BCUT2D eigenvalue weighted by Gasteiger charge is 2.31. The third-order valence-corrected chi connectivity index (χ3v) is 5.96. The molecule has 1 unspecified atom stereocenters. The van der Waals surface area contributed by atoms with Gasteiger partial charge < -0.3 is 24.3 Å². The third kappa shape index (κ3) is 4.24. The van der Waals surface area contributed by atoms with Gasteiger partial charge in [-0.25, -0.2) is 4.79 Å². The van der Waals surface area contributed by atoms with Crippen LogP contribution in [0.3, 0.4) is 0 Å². The predicted octanol–water partition coefficient (Wildman–Crippen LogP) is 5.15. The van der Waals surface area contributed by atoms with E-state index >= 15 is 0 Å². The number of nitrogens with one attached hydrogen (secondary N) is 1. The molecule has 1 N–H and O–H groups in total. The minimum absolute atomic E-state index is 0.121. The number of hydrogen-bond acceptors (Lipinski definition) is 3. The molecular weight excluding hydrogens is 390 g/mol. The van der Waals surface area contributed by atoms with Gasteiger partial charge >= 0.3 is 6.03 Å². The zero-order valence-electron chi connectivity index (χ0n) is 18.5. The number of rotatable bonds is 4. The Kier molecular flexibility index (Phi) is 5.89. The highest BCUT2D eigenvalue weighted by atomic mass is 16.5. The fourth-order valence-electron chi connectivity index (χ4n) is 4.15. The number of amides is 2. The first kappa shape index (κ1) is 20.8. The molecule has 2 heterocycles. The monoisotopic (exact) mass is 419 g/mol. The Morgan fingerprint density at radius 1 is 0.968 bits per heavy atom. The first-order valence-corrected chi connectivity index (χ1v) is 10.5. The molecule has 1 aliphatic heterocycles. The van der Waals surface area contributed by atoms with Gasteiger partial charge in [0.05, 0.1) is 20.3 Å². The van der Waals surface area contributed by atoms with Crippen LogP contribution in [0.1, 0.15) is 34.8 Å². The normalized spacial score (nSPS) is 15.7. The van der Waals surface area contributed by atoms with Crippen molar-refractivity contribution in [2.45, 2.75) is 32.9 Å². The van der Waals surface area contributed by atoms with Crippen molar-refractivity contribution in [3.05, 3.63) is 77.1 Å². The van der Waals surface area contributed by atoms with Crippen molar-refractivity contribution in [1.29, 1.82) is 0 Å². The molecule has 0 fully saturated rings. The number of anilines is 1. The van der Waals surface area contributed by atoms with Crippen molar-refractivity contribution in [3.8, 4) is 11.5 Å². The summed E-state index contributed by atoms with van der Waals surface area (Å²) >= 11 is 0. The van der Waals surface area contributed by atoms with Crippen LogP contribution in [0.15, 0.2) is 54.7 Å². The maximum absolute atomic E-state index is 13.5. The molecule has 31 heavy (non-hydrogen) atoms. The van der Waals surface area contributed by atoms with Crippen LogP contribution in [0.25, 0.3) is 0 Å². The van der Waals surface area contributed by atoms with E-state index in [9.17, 15) is 4.79 Å². The molecule has 0 saturated heterocycles. The van der Waals surface area contributed by atoms with Gasteiger partial charge in [-0.05, 0) is 73.4 Å². The van der Waals surface area contributed by atoms with E-state index in [1.54, 1.807) is 14.2 Å². The molecule has 0 saturated carbocycles. The summed E-state index contributed by atoms with van der Waals surface area (Å²) in [6, 6.07) is 15.5. The molecule has 1 atom stereocenters. The highest BCUT2D eigenvalue weighted by Crippen LogP contribution is 2.36. The van der Waals surface area contributed by atoms with Crippen LogP contribution in [0.4, 0.5) is 10.5 Å². The summed E-state index contributed by atoms with van der Waals surface area (Å²) in [6.45, 7) is 5.63. The summed E-state index contributed by atoms with van der Waals surface area (Å²) < 4.78 is 13.2. The molecule has 4 rings (SSSR count). The average molecular weight is 420 g/mol. The van der Waals surface area contributed by atoms with Crippen molar-refractivity contribution >= 4 is 11.7 Å². The Morgan fingerprint density at radius 3 is 2.39 bits per heavy atom. The van der Waals surface area contributed by atoms with Crippen molar-refractivity contribution in [1.82, 2.24) is 9.47 Å². The smallest absolute Gasteiger partial charge is 0.322 e. The molecule has 1 aromatic heterocycles. The van der Waals surface area contributed by atoms with Gasteiger partial charge in [-0.15, -0.1) is 0 Å². The number of aryl methyl sites for hydroxylation is 3. The van der Waals surface area contributed by atoms with Crippen molar-refractivity contribution in [2.24, 2.45) is 0 Å². The number of benzene rings is 2. The number of carbonyl (C=O) groups is 1. The quantitative estimate of drug-likeness (QED) is 0.636. The number of hydrogen-bond donors (Lipinski definition) is 1. The van der Waals surface area contributed by atoms with Crippen molar-refractivity contribution in [2.75, 3.05) is 26.1 Å². The summed E-state index contributed by atoms with van der Waals surface area (Å²) in [6.07, 6.45) is 2.95. The van der Waals surface area contributed by atoms with E-state index in [4.69, 9.17) is 9.47 Å². The Bertz CT molecular complexity index is 1070. The lowest BCUT2D eigenvalue weighted by atomic mass is 10.0. The fourth-order valence-corrected chi connectivity index (χ4v) is 4.15. The van der Waals surface area contributed by atoms with Gasteiger partial charge in [0.25, 0.3) is 0 Å². The van der Waals surface area contributed by atoms with Crippen LogP contribution in [0, 0.1) is 13.8 Å². The number of aromatic nitrogens is 1. The van der Waals surface area contributed by atoms with Gasteiger partial charge in [-0.2, -0.15) is 0 Å². The van der Waals surface area contributed by atoms with Crippen LogP contribution < -0.4 is 14.8 Å². The van der Waals surface area contributed by atoms with Crippen molar-refractivity contribution < 1.29 is 14.3 Å². The Labute approximate surface area is 183 Å². The number of urea groups is 1. The second-order valence-electron chi connectivity index (χ2n) is 7.95. The Morgan fingerprint density at radius 2 is 1.71 bits per heavy atom. The summed E-state index contributed by atoms with van der Waals surface area (Å²) in [5.41, 5.74) is 5.18. The fraction of sp³-hybridized carbons (Fsp3) is 0.320. The Hall–Kier alpha value is -3.41. The predicted molar refractivity (Wildman–Crippen MR) is 122 cm³/mol. The molecular formula is C25H29N3O3. The molecule has 0 radical (unpaired) electrons. The second-order valence-corrected chi connectivity index (χ2v) is 7.95. The average Bonchev–Trinajstić information content (AvgIpc) is 3.15. The lowest BCUT2D eigenvalue weighted by Gasteiger charge is -2.31. The number of nitrogens with zero attached hydrogens (tertiary/aromatic N) is 2. The summed E-state index contributed by atoms with van der Waals surface area (Å²) in [5, 5.41) is 3.10. The van der Waals surface area contributed by atoms with Gasteiger partial charge in [0.15, 0.2) is 0 Å². The molecule has 6 heteroatoms. The van der Waals surface area contributed by atoms with E-state index in [1.165, 1.54) is 5.56 Å². The highest BCUT2D eigenvalue weighted by molar-refractivity contribution is 5.90. The van der Waals surface area contributed by atoms with Gasteiger partial charge in [-0.1, -0.05) is 6.07 Å². The molecule has 0 aliphatic carbocycles. The van der Waals surface area contributed by atoms with E-state index in [2.05, 4.69) is 36.0 Å².